The van der Waals surface area contributed by atoms with E-state index < -0.39 is 5.91 Å². The predicted octanol–water partition coefficient (Wildman–Crippen LogP) is 5.88. The fourth-order valence-electron chi connectivity index (χ4n) is 3.98. The largest absolute Gasteiger partial charge is 0.497 e. The van der Waals surface area contributed by atoms with E-state index in [9.17, 15) is 14.9 Å². The van der Waals surface area contributed by atoms with Gasteiger partial charge < -0.3 is 24.8 Å². The van der Waals surface area contributed by atoms with Crippen LogP contribution in [0.3, 0.4) is 0 Å². The Kier molecular flexibility index (Phi) is 9.07. The molecule has 0 spiro atoms. The van der Waals surface area contributed by atoms with Crippen molar-refractivity contribution in [3.05, 3.63) is 90.0 Å². The van der Waals surface area contributed by atoms with Gasteiger partial charge in [0, 0.05) is 42.0 Å². The van der Waals surface area contributed by atoms with Crippen LogP contribution in [0.5, 0.6) is 11.5 Å². The van der Waals surface area contributed by atoms with E-state index in [2.05, 4.69) is 21.7 Å². The molecule has 2 amide bonds. The molecule has 2 N–H and O–H groups in total. The molecule has 0 fully saturated rings. The second kappa shape index (κ2) is 13.0. The Hall–Kier alpha value is -5.20. The molecule has 202 valence electrons. The second-order valence-electron chi connectivity index (χ2n) is 8.61. The number of hydrogen-bond acceptors (Lipinski definition) is 7. The Morgan fingerprint density at radius 2 is 1.73 bits per heavy atom. The van der Waals surface area contributed by atoms with Crippen molar-refractivity contribution < 1.29 is 23.8 Å². The van der Waals surface area contributed by atoms with Gasteiger partial charge in [-0.25, -0.2) is 4.98 Å². The smallest absolute Gasteiger partial charge is 0.256 e. The molecule has 1 aromatic heterocycles. The van der Waals surface area contributed by atoms with Crippen molar-refractivity contribution in [2.24, 2.45) is 0 Å². The fraction of sp³-hybridized carbons (Fsp3) is 0.161. The zero-order valence-corrected chi connectivity index (χ0v) is 22.4. The number of anilines is 2. The van der Waals surface area contributed by atoms with Gasteiger partial charge in [-0.2, -0.15) is 5.26 Å². The number of hydrogen-bond donors (Lipinski definition) is 2. The first-order valence-electron chi connectivity index (χ1n) is 12.5. The minimum absolute atomic E-state index is 0.0138. The molecular weight excluding hydrogens is 508 g/mol. The van der Waals surface area contributed by atoms with Crippen molar-refractivity contribution in [2.75, 3.05) is 31.6 Å². The fourth-order valence-corrected chi connectivity index (χ4v) is 3.98. The van der Waals surface area contributed by atoms with E-state index in [0.29, 0.717) is 51.6 Å². The zero-order valence-electron chi connectivity index (χ0n) is 22.4. The van der Waals surface area contributed by atoms with Gasteiger partial charge in [-0.05, 0) is 48.0 Å². The first-order chi connectivity index (χ1) is 19.5. The lowest BCUT2D eigenvalue weighted by atomic mass is 9.97. The molecule has 0 atom stereocenters. The first kappa shape index (κ1) is 27.8. The van der Waals surface area contributed by atoms with Gasteiger partial charge in [0.15, 0.2) is 12.6 Å². The molecule has 9 nitrogen and oxygen atoms in total. The van der Waals surface area contributed by atoms with Crippen LogP contribution in [0.2, 0.25) is 0 Å². The topological polar surface area (TPSA) is 123 Å². The van der Waals surface area contributed by atoms with Crippen LogP contribution in [-0.2, 0) is 9.53 Å². The van der Waals surface area contributed by atoms with Crippen molar-refractivity contribution in [1.29, 1.82) is 5.26 Å². The van der Waals surface area contributed by atoms with Crippen LogP contribution in [0.15, 0.2) is 78.9 Å². The lowest BCUT2D eigenvalue weighted by molar-refractivity contribution is -0.115. The summed E-state index contributed by atoms with van der Waals surface area (Å²) < 4.78 is 16.3. The summed E-state index contributed by atoms with van der Waals surface area (Å²) in [6.45, 7) is 1.75. The van der Waals surface area contributed by atoms with Gasteiger partial charge in [-0.3, -0.25) is 9.59 Å². The first-order valence-corrected chi connectivity index (χ1v) is 12.5. The highest BCUT2D eigenvalue weighted by atomic mass is 16.7. The van der Waals surface area contributed by atoms with Crippen LogP contribution in [0.1, 0.15) is 29.3 Å². The van der Waals surface area contributed by atoms with E-state index in [4.69, 9.17) is 14.2 Å². The van der Waals surface area contributed by atoms with Gasteiger partial charge in [0.25, 0.3) is 5.91 Å². The number of carbonyl (C=O) groups is 2. The number of pyridine rings is 1. The van der Waals surface area contributed by atoms with Crippen molar-refractivity contribution in [3.63, 3.8) is 0 Å². The summed E-state index contributed by atoms with van der Waals surface area (Å²) in [6, 6.07) is 25.0. The van der Waals surface area contributed by atoms with Crippen LogP contribution in [0.4, 0.5) is 11.5 Å². The Balaban J connectivity index is 1.91. The average molecular weight is 537 g/mol. The lowest BCUT2D eigenvalue weighted by Crippen LogP contribution is -2.15. The molecule has 0 bridgehead atoms. The molecule has 1 heterocycles. The summed E-state index contributed by atoms with van der Waals surface area (Å²) in [6.07, 6.45) is 0.324. The third-order valence-corrected chi connectivity index (χ3v) is 5.97. The summed E-state index contributed by atoms with van der Waals surface area (Å²) >= 11 is 0. The number of nitrogens with zero attached hydrogens (tertiary/aromatic N) is 2. The van der Waals surface area contributed by atoms with Crippen molar-refractivity contribution in [3.8, 4) is 40.0 Å². The van der Waals surface area contributed by atoms with Crippen LogP contribution < -0.4 is 20.1 Å². The standard InChI is InChI=1S/C31H28N4O5/c1-4-29(36)33-22-12-8-11-21(15-22)25-17-27(24-14-13-23(39-3)16-28(24)40-19-38-2)34-30(26(25)18-32)35-31(37)20-9-6-5-7-10-20/h5-17H,4,19H2,1-3H3,(H,33,36)(H,34,35,37). The second-order valence-corrected chi connectivity index (χ2v) is 8.61. The number of benzene rings is 3. The maximum atomic E-state index is 13.1. The van der Waals surface area contributed by atoms with Crippen molar-refractivity contribution in [2.45, 2.75) is 13.3 Å². The number of carbonyl (C=O) groups excluding carboxylic acids is 2. The molecule has 0 radical (unpaired) electrons. The number of rotatable bonds is 10. The quantitative estimate of drug-likeness (QED) is 0.243. The van der Waals surface area contributed by atoms with Crippen LogP contribution in [0.25, 0.3) is 22.4 Å². The summed E-state index contributed by atoms with van der Waals surface area (Å²) in [5, 5.41) is 15.9. The third-order valence-electron chi connectivity index (χ3n) is 5.97. The van der Waals surface area contributed by atoms with E-state index >= 15 is 0 Å². The molecule has 0 saturated carbocycles. The van der Waals surface area contributed by atoms with Crippen LogP contribution in [-0.4, -0.2) is 37.8 Å². The Morgan fingerprint density at radius 3 is 2.42 bits per heavy atom. The maximum Gasteiger partial charge on any atom is 0.256 e. The maximum absolute atomic E-state index is 13.1. The van der Waals surface area contributed by atoms with E-state index in [-0.39, 0.29) is 24.1 Å². The number of ether oxygens (including phenoxy) is 3. The molecule has 0 aliphatic carbocycles. The average Bonchev–Trinajstić information content (AvgIpc) is 2.99. The minimum Gasteiger partial charge on any atom is -0.497 e. The molecule has 0 aliphatic heterocycles. The highest BCUT2D eigenvalue weighted by Gasteiger charge is 2.20. The molecule has 40 heavy (non-hydrogen) atoms. The number of amides is 2. The van der Waals surface area contributed by atoms with Gasteiger partial charge in [0.05, 0.1) is 12.8 Å². The van der Waals surface area contributed by atoms with E-state index in [0.717, 1.165) is 0 Å². The summed E-state index contributed by atoms with van der Waals surface area (Å²) in [5.41, 5.74) is 3.35. The normalized spacial score (nSPS) is 10.3. The molecular formula is C31H28N4O5. The molecule has 9 heteroatoms. The van der Waals surface area contributed by atoms with Crippen LogP contribution >= 0.6 is 0 Å². The zero-order chi connectivity index (χ0) is 28.5. The Bertz CT molecular complexity index is 1560. The Morgan fingerprint density at radius 1 is 0.925 bits per heavy atom. The molecule has 3 aromatic carbocycles. The number of methoxy groups -OCH3 is 2. The minimum atomic E-state index is -0.415. The molecule has 0 unspecified atom stereocenters. The number of aromatic nitrogens is 1. The van der Waals surface area contributed by atoms with Gasteiger partial charge in [-0.15, -0.1) is 0 Å². The highest BCUT2D eigenvalue weighted by molar-refractivity contribution is 6.05. The van der Waals surface area contributed by atoms with Gasteiger partial charge in [-0.1, -0.05) is 37.3 Å². The molecule has 0 saturated heterocycles. The SMILES string of the molecule is CCC(=O)Nc1cccc(-c2cc(-c3ccc(OC)cc3OCOC)nc(NC(=O)c3ccccc3)c2C#N)c1. The number of nitriles is 1. The Labute approximate surface area is 232 Å². The van der Waals surface area contributed by atoms with E-state index in [1.807, 2.05) is 12.1 Å². The third kappa shape index (κ3) is 6.43. The van der Waals surface area contributed by atoms with Crippen molar-refractivity contribution in [1.82, 2.24) is 4.98 Å². The summed E-state index contributed by atoms with van der Waals surface area (Å²) in [7, 11) is 3.06. The molecule has 0 aliphatic rings. The molecule has 4 rings (SSSR count). The lowest BCUT2D eigenvalue weighted by Gasteiger charge is -2.17. The summed E-state index contributed by atoms with van der Waals surface area (Å²) in [5.74, 6) is 0.541. The highest BCUT2D eigenvalue weighted by Crippen LogP contribution is 2.38. The van der Waals surface area contributed by atoms with Gasteiger partial charge >= 0.3 is 0 Å². The molecule has 4 aromatic rings. The predicted molar refractivity (Wildman–Crippen MR) is 152 cm³/mol. The van der Waals surface area contributed by atoms with Gasteiger partial charge in [0.2, 0.25) is 5.91 Å². The van der Waals surface area contributed by atoms with E-state index in [1.165, 1.54) is 7.11 Å². The van der Waals surface area contributed by atoms with Crippen molar-refractivity contribution >= 4 is 23.3 Å². The monoisotopic (exact) mass is 536 g/mol. The summed E-state index contributed by atoms with van der Waals surface area (Å²) in [4.78, 5) is 29.8. The van der Waals surface area contributed by atoms with E-state index in [1.54, 1.807) is 80.8 Å². The van der Waals surface area contributed by atoms with Gasteiger partial charge in [0.1, 0.15) is 23.1 Å². The number of nitrogens with one attached hydrogen (secondary N) is 2. The van der Waals surface area contributed by atoms with Crippen LogP contribution in [0, 0.1) is 11.3 Å².